The molecule has 0 radical (unpaired) electrons. The molecule has 2 N–H and O–H groups in total. The average Bonchev–Trinajstić information content (AvgIpc) is 3.25. The van der Waals surface area contributed by atoms with Crippen LogP contribution in [0.5, 0.6) is 0 Å². The fourth-order valence-electron chi connectivity index (χ4n) is 2.61. The normalized spacial score (nSPS) is 22.2. The first-order valence-electron chi connectivity index (χ1n) is 8.37. The van der Waals surface area contributed by atoms with Gasteiger partial charge in [-0.3, -0.25) is 0 Å². The molecule has 132 valence electrons. The van der Waals surface area contributed by atoms with Crippen molar-refractivity contribution in [3.05, 3.63) is 28.4 Å². The Morgan fingerprint density at radius 3 is 2.79 bits per heavy atom. The second-order valence-corrected chi connectivity index (χ2v) is 14.4. The van der Waals surface area contributed by atoms with Crippen molar-refractivity contribution in [1.29, 1.82) is 0 Å². The Balaban J connectivity index is 1.73. The second kappa shape index (κ2) is 7.31. The number of hydrogen-bond acceptors (Lipinski definition) is 4. The first-order chi connectivity index (χ1) is 11.3. The van der Waals surface area contributed by atoms with Crippen molar-refractivity contribution in [3.8, 4) is 0 Å². The molecule has 2 unspecified atom stereocenters. The Labute approximate surface area is 157 Å². The maximum Gasteiger partial charge on any atom is 0.196 e. The van der Waals surface area contributed by atoms with E-state index in [4.69, 9.17) is 16.3 Å². The molecule has 1 aliphatic heterocycles. The number of hydrogen-bond donors (Lipinski definition) is 2. The number of nitrogens with zero attached hydrogens (tertiary/aromatic N) is 2. The van der Waals surface area contributed by atoms with Crippen molar-refractivity contribution in [3.63, 3.8) is 0 Å². The number of nitrogens with one attached hydrogen (secondary N) is 2. The highest BCUT2D eigenvalue weighted by molar-refractivity contribution is 9.10. The number of imidazole rings is 1. The standard InChI is InChI=1S/C16H24BrClN4OSi/c1-24(2,3)9-8-23-13(10-4-5-10)15-21-12(14(17)22-15)11-6-7-19-16(18)20-11/h6-7,10-11,13H,4-5,8-9H2,1-3H3,(H,19,20)(H,21,22). The van der Waals surface area contributed by atoms with Gasteiger partial charge >= 0.3 is 0 Å². The van der Waals surface area contributed by atoms with E-state index >= 15 is 0 Å². The van der Waals surface area contributed by atoms with Crippen molar-refractivity contribution in [2.45, 2.75) is 50.7 Å². The van der Waals surface area contributed by atoms with Gasteiger partial charge in [-0.15, -0.1) is 0 Å². The molecule has 24 heavy (non-hydrogen) atoms. The molecule has 1 fully saturated rings. The fraction of sp³-hybridized carbons (Fsp3) is 0.625. The summed E-state index contributed by atoms with van der Waals surface area (Å²) >= 11 is 9.52. The Hall–Kier alpha value is -0.633. The molecule has 0 saturated heterocycles. The van der Waals surface area contributed by atoms with Crippen LogP contribution < -0.4 is 5.32 Å². The number of amidine groups is 1. The summed E-state index contributed by atoms with van der Waals surface area (Å²) in [5.41, 5.74) is 0.917. The van der Waals surface area contributed by atoms with Crippen molar-refractivity contribution >= 4 is 40.9 Å². The van der Waals surface area contributed by atoms with E-state index in [1.807, 2.05) is 6.08 Å². The van der Waals surface area contributed by atoms with Crippen molar-refractivity contribution < 1.29 is 4.74 Å². The Morgan fingerprint density at radius 2 is 2.17 bits per heavy atom. The maximum atomic E-state index is 6.23. The number of halogens is 2. The van der Waals surface area contributed by atoms with Gasteiger partial charge in [0.25, 0.3) is 0 Å². The first kappa shape index (κ1) is 18.2. The third-order valence-corrected chi connectivity index (χ3v) is 6.72. The lowest BCUT2D eigenvalue weighted by atomic mass is 10.2. The average molecular weight is 432 g/mol. The van der Waals surface area contributed by atoms with Gasteiger partial charge in [-0.05, 0) is 58.4 Å². The lowest BCUT2D eigenvalue weighted by Crippen LogP contribution is -2.23. The Bertz CT molecular complexity index is 651. The summed E-state index contributed by atoms with van der Waals surface area (Å²) in [4.78, 5) is 12.5. The first-order valence-corrected chi connectivity index (χ1v) is 13.2. The highest BCUT2D eigenvalue weighted by Crippen LogP contribution is 2.43. The molecule has 2 atom stereocenters. The van der Waals surface area contributed by atoms with E-state index in [2.05, 4.69) is 55.8 Å². The van der Waals surface area contributed by atoms with Gasteiger partial charge in [0.05, 0.1) is 5.69 Å². The lowest BCUT2D eigenvalue weighted by molar-refractivity contribution is 0.0400. The summed E-state index contributed by atoms with van der Waals surface area (Å²) in [5, 5.41) is 3.25. The van der Waals surface area contributed by atoms with Gasteiger partial charge in [0.1, 0.15) is 22.6 Å². The maximum absolute atomic E-state index is 6.23. The van der Waals surface area contributed by atoms with E-state index < -0.39 is 8.07 Å². The summed E-state index contributed by atoms with van der Waals surface area (Å²) in [6.07, 6.45) is 6.23. The quantitative estimate of drug-likeness (QED) is 0.484. The molecule has 1 aromatic heterocycles. The van der Waals surface area contributed by atoms with Gasteiger partial charge in [0.15, 0.2) is 5.29 Å². The fourth-order valence-corrected chi connectivity index (χ4v) is 4.04. The molecule has 2 heterocycles. The SMILES string of the molecule is C[Si](C)(C)CCOC(c1nc(Br)c(C2C=CNC(Cl)=N2)[nH]1)C1CC1. The molecular formula is C16H24BrClN4OSi. The molecule has 0 spiro atoms. The smallest absolute Gasteiger partial charge is 0.196 e. The van der Waals surface area contributed by atoms with E-state index in [0.29, 0.717) is 11.2 Å². The predicted octanol–water partition coefficient (Wildman–Crippen LogP) is 4.73. The second-order valence-electron chi connectivity index (χ2n) is 7.63. The van der Waals surface area contributed by atoms with E-state index in [-0.39, 0.29) is 12.1 Å². The van der Waals surface area contributed by atoms with Crippen LogP contribution >= 0.6 is 27.5 Å². The zero-order chi connectivity index (χ0) is 17.3. The molecular weight excluding hydrogens is 408 g/mol. The molecule has 0 aromatic carbocycles. The minimum absolute atomic E-state index is 0.0524. The minimum Gasteiger partial charge on any atom is -0.370 e. The van der Waals surface area contributed by atoms with Gasteiger partial charge in [-0.2, -0.15) is 0 Å². The Kier molecular flexibility index (Phi) is 5.54. The van der Waals surface area contributed by atoms with Crippen molar-refractivity contribution in [1.82, 2.24) is 15.3 Å². The van der Waals surface area contributed by atoms with E-state index in [1.165, 1.54) is 18.9 Å². The van der Waals surface area contributed by atoms with Gasteiger partial charge in [0.2, 0.25) is 0 Å². The molecule has 2 aliphatic rings. The molecule has 1 aromatic rings. The molecule has 8 heteroatoms. The number of rotatable bonds is 7. The van der Waals surface area contributed by atoms with E-state index in [9.17, 15) is 0 Å². The summed E-state index contributed by atoms with van der Waals surface area (Å²) in [6.45, 7) is 7.92. The molecule has 5 nitrogen and oxygen atoms in total. The lowest BCUT2D eigenvalue weighted by Gasteiger charge is -2.20. The van der Waals surface area contributed by atoms with Crippen LogP contribution in [0.15, 0.2) is 21.9 Å². The van der Waals surface area contributed by atoms with Crippen LogP contribution in [0.2, 0.25) is 25.7 Å². The van der Waals surface area contributed by atoms with Crippen LogP contribution in [0.4, 0.5) is 0 Å². The van der Waals surface area contributed by atoms with Crippen LogP contribution in [-0.2, 0) is 4.74 Å². The van der Waals surface area contributed by atoms with Gasteiger partial charge < -0.3 is 15.0 Å². The highest BCUT2D eigenvalue weighted by Gasteiger charge is 2.36. The van der Waals surface area contributed by atoms with Gasteiger partial charge in [-0.1, -0.05) is 19.6 Å². The van der Waals surface area contributed by atoms with Crippen LogP contribution in [-0.4, -0.2) is 29.9 Å². The largest absolute Gasteiger partial charge is 0.370 e. The molecule has 0 bridgehead atoms. The van der Waals surface area contributed by atoms with E-state index in [1.54, 1.807) is 6.20 Å². The third kappa shape index (κ3) is 4.71. The zero-order valence-electron chi connectivity index (χ0n) is 14.3. The minimum atomic E-state index is -1.09. The number of ether oxygens (including phenoxy) is 1. The topological polar surface area (TPSA) is 62.3 Å². The monoisotopic (exact) mass is 430 g/mol. The number of H-pyrrole nitrogens is 1. The molecule has 1 saturated carbocycles. The number of aliphatic imine (C=N–C) groups is 1. The molecule has 0 amide bonds. The molecule has 3 rings (SSSR count). The summed E-state index contributed by atoms with van der Waals surface area (Å²) in [5.74, 6) is 1.47. The third-order valence-electron chi connectivity index (χ3n) is 4.20. The number of aromatic amines is 1. The van der Waals surface area contributed by atoms with Crippen LogP contribution in [0.25, 0.3) is 0 Å². The van der Waals surface area contributed by atoms with Crippen LogP contribution in [0, 0.1) is 5.92 Å². The van der Waals surface area contributed by atoms with Crippen LogP contribution in [0.1, 0.15) is 36.5 Å². The predicted molar refractivity (Wildman–Crippen MR) is 104 cm³/mol. The zero-order valence-corrected chi connectivity index (χ0v) is 17.6. The van der Waals surface area contributed by atoms with Gasteiger partial charge in [0, 0.05) is 20.9 Å². The van der Waals surface area contributed by atoms with Crippen molar-refractivity contribution in [2.24, 2.45) is 10.9 Å². The summed E-state index contributed by atoms with van der Waals surface area (Å²) in [6, 6.07) is 1.01. The summed E-state index contributed by atoms with van der Waals surface area (Å²) in [7, 11) is -1.09. The van der Waals surface area contributed by atoms with Crippen molar-refractivity contribution in [2.75, 3.05) is 6.61 Å². The number of aromatic nitrogens is 2. The highest BCUT2D eigenvalue weighted by atomic mass is 79.9. The van der Waals surface area contributed by atoms with E-state index in [0.717, 1.165) is 22.7 Å². The molecule has 1 aliphatic carbocycles. The van der Waals surface area contributed by atoms with Crippen LogP contribution in [0.3, 0.4) is 0 Å². The summed E-state index contributed by atoms with van der Waals surface area (Å²) < 4.78 is 7.01. The van der Waals surface area contributed by atoms with Gasteiger partial charge in [-0.25, -0.2) is 9.98 Å². The Morgan fingerprint density at radius 1 is 1.42 bits per heavy atom.